The molecule has 9 heteroatoms. The van der Waals surface area contributed by atoms with Crippen molar-refractivity contribution >= 4 is 23.8 Å². The number of methoxy groups -OCH3 is 1. The van der Waals surface area contributed by atoms with E-state index < -0.39 is 11.9 Å². The first-order chi connectivity index (χ1) is 15.9. The van der Waals surface area contributed by atoms with Crippen molar-refractivity contribution in [1.82, 2.24) is 5.16 Å². The maximum absolute atomic E-state index is 12.5. The monoisotopic (exact) mass is 447 g/mol. The molecule has 0 radical (unpaired) electrons. The second kappa shape index (κ2) is 10.6. The molecule has 0 aliphatic heterocycles. The van der Waals surface area contributed by atoms with Gasteiger partial charge in [0.2, 0.25) is 0 Å². The predicted molar refractivity (Wildman–Crippen MR) is 119 cm³/mol. The number of esters is 1. The third-order valence-electron chi connectivity index (χ3n) is 4.34. The Morgan fingerprint density at radius 2 is 1.91 bits per heavy atom. The molecule has 1 amide bonds. The van der Waals surface area contributed by atoms with Gasteiger partial charge < -0.3 is 24.1 Å². The lowest BCUT2D eigenvalue weighted by atomic mass is 10.1. The Morgan fingerprint density at radius 3 is 2.52 bits per heavy atom. The Hall–Kier alpha value is -4.58. The van der Waals surface area contributed by atoms with E-state index in [9.17, 15) is 14.9 Å². The molecule has 1 N–H and O–H groups in total. The second-order valence-electron chi connectivity index (χ2n) is 6.70. The fraction of sp³-hybridized carbons (Fsp3) is 0.167. The topological polar surface area (TPSA) is 124 Å². The number of amides is 1. The van der Waals surface area contributed by atoms with Crippen LogP contribution in [0.5, 0.6) is 17.2 Å². The van der Waals surface area contributed by atoms with E-state index in [2.05, 4.69) is 10.5 Å². The van der Waals surface area contributed by atoms with Gasteiger partial charge in [0.15, 0.2) is 17.3 Å². The number of benzene rings is 2. The van der Waals surface area contributed by atoms with Gasteiger partial charge in [-0.3, -0.25) is 4.79 Å². The SMILES string of the molecule is CCOc1cc(/C=C(/C#N)C(=O)Nc2cc(C)on2)ccc1OC(=O)c1ccc(OC)cc1. The van der Waals surface area contributed by atoms with Crippen molar-refractivity contribution in [3.63, 3.8) is 0 Å². The summed E-state index contributed by atoms with van der Waals surface area (Å²) in [7, 11) is 1.54. The number of hydrogen-bond acceptors (Lipinski definition) is 8. The molecule has 3 rings (SSSR count). The van der Waals surface area contributed by atoms with Crippen LogP contribution in [0.2, 0.25) is 0 Å². The Labute approximate surface area is 190 Å². The van der Waals surface area contributed by atoms with Gasteiger partial charge >= 0.3 is 5.97 Å². The van der Waals surface area contributed by atoms with Gasteiger partial charge in [-0.2, -0.15) is 5.26 Å². The number of anilines is 1. The molecule has 0 atom stereocenters. The Bertz CT molecular complexity index is 1220. The number of aromatic nitrogens is 1. The minimum atomic E-state index is -0.640. The first-order valence-corrected chi connectivity index (χ1v) is 9.93. The van der Waals surface area contributed by atoms with Gasteiger partial charge in [0, 0.05) is 6.07 Å². The Morgan fingerprint density at radius 1 is 1.15 bits per heavy atom. The molecular formula is C24H21N3O6. The summed E-state index contributed by atoms with van der Waals surface area (Å²) in [4.78, 5) is 24.9. The highest BCUT2D eigenvalue weighted by Crippen LogP contribution is 2.30. The van der Waals surface area contributed by atoms with Crippen LogP contribution < -0.4 is 19.5 Å². The summed E-state index contributed by atoms with van der Waals surface area (Å²) in [6.07, 6.45) is 1.39. The number of rotatable bonds is 8. The minimum absolute atomic E-state index is 0.152. The molecule has 33 heavy (non-hydrogen) atoms. The van der Waals surface area contributed by atoms with Crippen molar-refractivity contribution in [1.29, 1.82) is 5.26 Å². The van der Waals surface area contributed by atoms with Crippen LogP contribution in [0.3, 0.4) is 0 Å². The quantitative estimate of drug-likeness (QED) is 0.236. The molecule has 0 aliphatic rings. The molecule has 1 aromatic heterocycles. The molecule has 3 aromatic rings. The van der Waals surface area contributed by atoms with Gasteiger partial charge in [-0.1, -0.05) is 11.2 Å². The Balaban J connectivity index is 1.80. The smallest absolute Gasteiger partial charge is 0.343 e. The van der Waals surface area contributed by atoms with Gasteiger partial charge in [0.25, 0.3) is 5.91 Å². The number of carbonyl (C=O) groups is 2. The number of nitriles is 1. The number of ether oxygens (including phenoxy) is 3. The fourth-order valence-electron chi connectivity index (χ4n) is 2.78. The van der Waals surface area contributed by atoms with Crippen molar-refractivity contribution in [2.75, 3.05) is 19.0 Å². The molecule has 168 valence electrons. The lowest BCUT2D eigenvalue weighted by Crippen LogP contribution is -2.13. The summed E-state index contributed by atoms with van der Waals surface area (Å²) in [6.45, 7) is 3.78. The van der Waals surface area contributed by atoms with Gasteiger partial charge in [0.1, 0.15) is 23.2 Å². The summed E-state index contributed by atoms with van der Waals surface area (Å²) < 4.78 is 21.1. The number of nitrogens with zero attached hydrogens (tertiary/aromatic N) is 2. The molecule has 1 heterocycles. The van der Waals surface area contributed by atoms with Crippen LogP contribution in [0.4, 0.5) is 5.82 Å². The molecule has 0 aliphatic carbocycles. The van der Waals surface area contributed by atoms with Gasteiger partial charge in [-0.25, -0.2) is 4.79 Å². The molecule has 9 nitrogen and oxygen atoms in total. The van der Waals surface area contributed by atoms with E-state index in [4.69, 9.17) is 18.7 Å². The van der Waals surface area contributed by atoms with Crippen LogP contribution in [0.15, 0.2) is 58.6 Å². The summed E-state index contributed by atoms with van der Waals surface area (Å²) in [5.41, 5.74) is 0.695. The van der Waals surface area contributed by atoms with E-state index in [0.717, 1.165) is 0 Å². The standard InChI is InChI=1S/C24H21N3O6/c1-4-31-21-13-16(12-18(14-25)23(28)26-22-11-15(2)33-27-22)5-10-20(21)32-24(29)17-6-8-19(30-3)9-7-17/h5-13H,4H2,1-3H3,(H,26,27,28)/b18-12-. The normalized spacial score (nSPS) is 10.8. The number of hydrogen-bond donors (Lipinski definition) is 1. The summed E-state index contributed by atoms with van der Waals surface area (Å²) in [5, 5.41) is 15.6. The van der Waals surface area contributed by atoms with Crippen LogP contribution in [-0.4, -0.2) is 30.7 Å². The highest BCUT2D eigenvalue weighted by Gasteiger charge is 2.15. The zero-order chi connectivity index (χ0) is 23.8. The predicted octanol–water partition coefficient (Wildman–Crippen LogP) is 4.16. The van der Waals surface area contributed by atoms with Crippen LogP contribution in [0.25, 0.3) is 6.08 Å². The van der Waals surface area contributed by atoms with Crippen molar-refractivity contribution in [2.45, 2.75) is 13.8 Å². The lowest BCUT2D eigenvalue weighted by molar-refractivity contribution is -0.112. The molecule has 0 bridgehead atoms. The molecular weight excluding hydrogens is 426 g/mol. The average molecular weight is 447 g/mol. The highest BCUT2D eigenvalue weighted by atomic mass is 16.6. The largest absolute Gasteiger partial charge is 0.497 e. The van der Waals surface area contributed by atoms with E-state index in [1.165, 1.54) is 25.3 Å². The average Bonchev–Trinajstić information content (AvgIpc) is 3.23. The van der Waals surface area contributed by atoms with Crippen LogP contribution in [0.1, 0.15) is 28.6 Å². The summed E-state index contributed by atoms with van der Waals surface area (Å²) in [5.74, 6) is 0.631. The maximum Gasteiger partial charge on any atom is 0.343 e. The van der Waals surface area contributed by atoms with Crippen molar-refractivity contribution in [3.8, 4) is 23.3 Å². The Kier molecular flexibility index (Phi) is 7.44. The highest BCUT2D eigenvalue weighted by molar-refractivity contribution is 6.09. The second-order valence-corrected chi connectivity index (χ2v) is 6.70. The van der Waals surface area contributed by atoms with Crippen molar-refractivity contribution < 1.29 is 28.3 Å². The van der Waals surface area contributed by atoms with Gasteiger partial charge in [-0.05, 0) is 61.9 Å². The first kappa shape index (κ1) is 23.1. The van der Waals surface area contributed by atoms with Crippen LogP contribution in [0, 0.1) is 18.3 Å². The molecule has 0 spiro atoms. The molecule has 0 fully saturated rings. The van der Waals surface area contributed by atoms with E-state index in [0.29, 0.717) is 29.2 Å². The number of carbonyl (C=O) groups excluding carboxylic acids is 2. The summed E-state index contributed by atoms with van der Waals surface area (Å²) >= 11 is 0. The molecule has 0 unspecified atom stereocenters. The van der Waals surface area contributed by atoms with Crippen molar-refractivity contribution in [2.24, 2.45) is 0 Å². The fourth-order valence-corrected chi connectivity index (χ4v) is 2.78. The maximum atomic E-state index is 12.5. The first-order valence-electron chi connectivity index (χ1n) is 9.93. The lowest BCUT2D eigenvalue weighted by Gasteiger charge is -2.12. The van der Waals surface area contributed by atoms with Crippen LogP contribution >= 0.6 is 0 Å². The third-order valence-corrected chi connectivity index (χ3v) is 4.34. The van der Waals surface area contributed by atoms with Gasteiger partial charge in [-0.15, -0.1) is 0 Å². The molecule has 0 saturated heterocycles. The number of nitrogens with one attached hydrogen (secondary N) is 1. The van der Waals surface area contributed by atoms with E-state index in [1.807, 2.05) is 6.07 Å². The zero-order valence-electron chi connectivity index (χ0n) is 18.2. The van der Waals surface area contributed by atoms with E-state index in [1.54, 1.807) is 50.2 Å². The van der Waals surface area contributed by atoms with Gasteiger partial charge in [0.05, 0.1) is 19.3 Å². The van der Waals surface area contributed by atoms with Crippen LogP contribution in [-0.2, 0) is 4.79 Å². The van der Waals surface area contributed by atoms with E-state index >= 15 is 0 Å². The number of aryl methyl sites for hydroxylation is 1. The van der Waals surface area contributed by atoms with Crippen molar-refractivity contribution in [3.05, 3.63) is 71.0 Å². The summed E-state index contributed by atoms with van der Waals surface area (Å²) in [6, 6.07) is 14.6. The molecule has 2 aromatic carbocycles. The van der Waals surface area contributed by atoms with E-state index in [-0.39, 0.29) is 22.9 Å². The third kappa shape index (κ3) is 5.98. The zero-order valence-corrected chi connectivity index (χ0v) is 18.2. The minimum Gasteiger partial charge on any atom is -0.497 e. The molecule has 0 saturated carbocycles.